The van der Waals surface area contributed by atoms with Gasteiger partial charge in [-0.15, -0.1) is 11.3 Å². The first kappa shape index (κ1) is 15.8. The van der Waals surface area contributed by atoms with Crippen molar-refractivity contribution in [1.29, 1.82) is 0 Å². The van der Waals surface area contributed by atoms with Crippen LogP contribution in [0.15, 0.2) is 17.5 Å². The highest BCUT2D eigenvalue weighted by Gasteiger charge is 2.38. The van der Waals surface area contributed by atoms with Gasteiger partial charge in [-0.3, -0.25) is 4.79 Å². The number of aliphatic carboxylic acids is 1. The monoisotopic (exact) mass is 310 g/mol. The van der Waals surface area contributed by atoms with Crippen LogP contribution < -0.4 is 10.6 Å². The fourth-order valence-electron chi connectivity index (χ4n) is 2.76. The van der Waals surface area contributed by atoms with Crippen LogP contribution in [0.25, 0.3) is 0 Å². The van der Waals surface area contributed by atoms with Crippen LogP contribution in [0.1, 0.15) is 43.4 Å². The van der Waals surface area contributed by atoms with E-state index in [4.69, 9.17) is 0 Å². The molecule has 0 aromatic carbocycles. The number of carbonyl (C=O) groups is 2. The van der Waals surface area contributed by atoms with Crippen LogP contribution in [0.5, 0.6) is 0 Å². The molecular weight excluding hydrogens is 288 g/mol. The largest absolute Gasteiger partial charge is 0.481 e. The van der Waals surface area contributed by atoms with Crippen LogP contribution in [0.2, 0.25) is 0 Å². The van der Waals surface area contributed by atoms with Gasteiger partial charge in [-0.2, -0.15) is 0 Å². The van der Waals surface area contributed by atoms with E-state index in [9.17, 15) is 14.7 Å². The Morgan fingerprint density at radius 2 is 1.90 bits per heavy atom. The maximum atomic E-state index is 11.8. The molecule has 2 amide bonds. The molecule has 1 aromatic heterocycles. The van der Waals surface area contributed by atoms with Gasteiger partial charge in [0, 0.05) is 11.4 Å². The Bertz CT molecular complexity index is 465. The van der Waals surface area contributed by atoms with E-state index in [2.05, 4.69) is 10.6 Å². The smallest absolute Gasteiger partial charge is 0.315 e. The molecule has 1 fully saturated rings. The molecule has 1 heterocycles. The molecule has 0 spiro atoms. The summed E-state index contributed by atoms with van der Waals surface area (Å²) in [5.74, 6) is -0.789. The Balaban J connectivity index is 1.83. The first-order valence-corrected chi connectivity index (χ1v) is 8.28. The lowest BCUT2D eigenvalue weighted by molar-refractivity contribution is -0.149. The van der Waals surface area contributed by atoms with Gasteiger partial charge in [0.25, 0.3) is 0 Å². The maximum Gasteiger partial charge on any atom is 0.315 e. The number of thiophene rings is 1. The summed E-state index contributed by atoms with van der Waals surface area (Å²) in [4.78, 5) is 24.5. The van der Waals surface area contributed by atoms with Crippen molar-refractivity contribution in [2.24, 2.45) is 5.41 Å². The predicted octanol–water partition coefficient (Wildman–Crippen LogP) is 2.97. The van der Waals surface area contributed by atoms with Crippen molar-refractivity contribution >= 4 is 23.3 Å². The van der Waals surface area contributed by atoms with Gasteiger partial charge in [-0.05, 0) is 24.3 Å². The van der Waals surface area contributed by atoms with Crippen molar-refractivity contribution in [3.05, 3.63) is 22.4 Å². The summed E-state index contributed by atoms with van der Waals surface area (Å²) in [6, 6.07) is 3.59. The molecule has 0 aliphatic heterocycles. The highest BCUT2D eigenvalue weighted by atomic mass is 32.1. The van der Waals surface area contributed by atoms with Crippen molar-refractivity contribution in [2.75, 3.05) is 6.54 Å². The molecule has 1 aliphatic rings. The van der Waals surface area contributed by atoms with Gasteiger partial charge < -0.3 is 15.7 Å². The van der Waals surface area contributed by atoms with E-state index in [0.717, 1.165) is 30.6 Å². The minimum absolute atomic E-state index is 0.207. The SMILES string of the molecule is O=C(NCc1cccs1)NCC1(C(=O)O)CCCCCC1. The molecule has 1 aromatic rings. The normalized spacial score (nSPS) is 17.7. The Morgan fingerprint density at radius 3 is 2.48 bits per heavy atom. The summed E-state index contributed by atoms with van der Waals surface area (Å²) in [6.45, 7) is 0.683. The highest BCUT2D eigenvalue weighted by Crippen LogP contribution is 2.34. The Hall–Kier alpha value is -1.56. The second kappa shape index (κ2) is 7.45. The fourth-order valence-corrected chi connectivity index (χ4v) is 3.41. The van der Waals surface area contributed by atoms with Crippen LogP contribution in [-0.2, 0) is 11.3 Å². The van der Waals surface area contributed by atoms with E-state index in [-0.39, 0.29) is 12.6 Å². The van der Waals surface area contributed by atoms with Crippen molar-refractivity contribution < 1.29 is 14.7 Å². The number of hydrogen-bond donors (Lipinski definition) is 3. The number of nitrogens with one attached hydrogen (secondary N) is 2. The Labute approximate surface area is 128 Å². The first-order valence-electron chi connectivity index (χ1n) is 7.40. The molecule has 0 radical (unpaired) electrons. The molecule has 0 bridgehead atoms. The number of rotatable bonds is 5. The van der Waals surface area contributed by atoms with Gasteiger partial charge in [0.15, 0.2) is 0 Å². The average molecular weight is 310 g/mol. The second-order valence-corrected chi connectivity index (χ2v) is 6.65. The van der Waals surface area contributed by atoms with Crippen LogP contribution >= 0.6 is 11.3 Å². The van der Waals surface area contributed by atoms with E-state index in [0.29, 0.717) is 19.4 Å². The van der Waals surface area contributed by atoms with Gasteiger partial charge in [0.1, 0.15) is 0 Å². The second-order valence-electron chi connectivity index (χ2n) is 5.62. The first-order chi connectivity index (χ1) is 10.1. The van der Waals surface area contributed by atoms with E-state index >= 15 is 0 Å². The number of carboxylic acid groups (broad SMARTS) is 1. The van der Waals surface area contributed by atoms with Crippen LogP contribution in [0.3, 0.4) is 0 Å². The van der Waals surface area contributed by atoms with Crippen molar-refractivity contribution in [2.45, 2.75) is 45.1 Å². The zero-order chi connectivity index (χ0) is 15.1. The number of urea groups is 1. The molecule has 3 N–H and O–H groups in total. The van der Waals surface area contributed by atoms with Crippen molar-refractivity contribution in [3.63, 3.8) is 0 Å². The lowest BCUT2D eigenvalue weighted by Gasteiger charge is -2.28. The molecule has 6 heteroatoms. The standard InChI is InChI=1S/C15H22N2O3S/c18-13(19)15(7-3-1-2-4-8-15)11-17-14(20)16-10-12-6-5-9-21-12/h5-6,9H,1-4,7-8,10-11H2,(H,18,19)(H2,16,17,20). The Kier molecular flexibility index (Phi) is 5.61. The molecule has 1 saturated carbocycles. The third kappa shape index (κ3) is 4.46. The van der Waals surface area contributed by atoms with Crippen LogP contribution in [0, 0.1) is 5.41 Å². The van der Waals surface area contributed by atoms with E-state index in [1.165, 1.54) is 0 Å². The summed E-state index contributed by atoms with van der Waals surface area (Å²) in [5, 5.41) is 17.0. The van der Waals surface area contributed by atoms with E-state index < -0.39 is 11.4 Å². The van der Waals surface area contributed by atoms with Crippen LogP contribution in [-0.4, -0.2) is 23.7 Å². The van der Waals surface area contributed by atoms with Crippen LogP contribution in [0.4, 0.5) is 4.79 Å². The summed E-state index contributed by atoms with van der Waals surface area (Å²) in [5.41, 5.74) is -0.795. The quantitative estimate of drug-likeness (QED) is 0.732. The van der Waals surface area contributed by atoms with Gasteiger partial charge in [-0.1, -0.05) is 31.7 Å². The maximum absolute atomic E-state index is 11.8. The molecule has 116 valence electrons. The fraction of sp³-hybridized carbons (Fsp3) is 0.600. The number of carboxylic acids is 1. The lowest BCUT2D eigenvalue weighted by Crippen LogP contribution is -2.46. The van der Waals surface area contributed by atoms with Gasteiger partial charge in [-0.25, -0.2) is 4.79 Å². The molecular formula is C15H22N2O3S. The third-order valence-electron chi connectivity index (χ3n) is 4.10. The molecule has 0 unspecified atom stereocenters. The minimum Gasteiger partial charge on any atom is -0.481 e. The highest BCUT2D eigenvalue weighted by molar-refractivity contribution is 7.09. The molecule has 21 heavy (non-hydrogen) atoms. The summed E-state index contributed by atoms with van der Waals surface area (Å²) < 4.78 is 0. The van der Waals surface area contributed by atoms with Crippen molar-refractivity contribution in [1.82, 2.24) is 10.6 Å². The van der Waals surface area contributed by atoms with Gasteiger partial charge >= 0.3 is 12.0 Å². The van der Waals surface area contributed by atoms with Crippen molar-refractivity contribution in [3.8, 4) is 0 Å². The molecule has 2 rings (SSSR count). The minimum atomic E-state index is -0.795. The number of hydrogen-bond acceptors (Lipinski definition) is 3. The third-order valence-corrected chi connectivity index (χ3v) is 4.98. The topological polar surface area (TPSA) is 78.4 Å². The van der Waals surface area contributed by atoms with E-state index in [1.807, 2.05) is 17.5 Å². The predicted molar refractivity (Wildman–Crippen MR) is 82.3 cm³/mol. The number of amides is 2. The molecule has 5 nitrogen and oxygen atoms in total. The molecule has 0 saturated heterocycles. The lowest BCUT2D eigenvalue weighted by atomic mass is 9.80. The zero-order valence-electron chi connectivity index (χ0n) is 12.1. The molecule has 1 aliphatic carbocycles. The Morgan fingerprint density at radius 1 is 1.19 bits per heavy atom. The summed E-state index contributed by atoms with van der Waals surface area (Å²) in [6.07, 6.45) is 5.30. The zero-order valence-corrected chi connectivity index (χ0v) is 12.9. The van der Waals surface area contributed by atoms with Gasteiger partial charge in [0.05, 0.1) is 12.0 Å². The summed E-state index contributed by atoms with van der Waals surface area (Å²) in [7, 11) is 0. The average Bonchev–Trinajstić information content (AvgIpc) is 2.87. The number of carbonyl (C=O) groups excluding carboxylic acids is 1. The van der Waals surface area contributed by atoms with Gasteiger partial charge in [0.2, 0.25) is 0 Å². The summed E-state index contributed by atoms with van der Waals surface area (Å²) >= 11 is 1.58. The molecule has 0 atom stereocenters. The van der Waals surface area contributed by atoms with E-state index in [1.54, 1.807) is 11.3 Å².